The average Bonchev–Trinajstić information content (AvgIpc) is 0.874. The monoisotopic (exact) mass is 1280 g/mol. The van der Waals surface area contributed by atoms with Crippen LogP contribution in [-0.2, 0) is 16.2 Å². The Hall–Kier alpha value is -10.4. The van der Waals surface area contributed by atoms with Crippen molar-refractivity contribution in [3.05, 3.63) is 284 Å². The molecule has 0 spiro atoms. The topological polar surface area (TPSA) is 16.3 Å². The summed E-state index contributed by atoms with van der Waals surface area (Å²) in [6.45, 7) is 21.3. The fourth-order valence-corrected chi connectivity index (χ4v) is 18.7. The minimum absolute atomic E-state index is 0.162. The molecule has 0 fully saturated rings. The number of aromatic nitrogens is 2. The van der Waals surface area contributed by atoms with Crippen molar-refractivity contribution in [3.63, 3.8) is 0 Å². The second-order valence-corrected chi connectivity index (χ2v) is 32.2. The third-order valence-corrected chi connectivity index (χ3v) is 23.5. The molecule has 17 aromatic rings. The Balaban J connectivity index is 1.00. The van der Waals surface area contributed by atoms with Gasteiger partial charge in [0, 0.05) is 95.8 Å². The lowest BCUT2D eigenvalue weighted by Crippen LogP contribution is -2.61. The molecule has 2 aliphatic heterocycles. The predicted molar refractivity (Wildman–Crippen MR) is 422 cm³/mol. The number of fused-ring (bicyclic) bond motifs is 16. The van der Waals surface area contributed by atoms with Gasteiger partial charge in [-0.15, -0.1) is 22.7 Å². The molecular formula is C90H71BN4S2. The van der Waals surface area contributed by atoms with Gasteiger partial charge in [0.2, 0.25) is 0 Å². The summed E-state index contributed by atoms with van der Waals surface area (Å²) in [7, 11) is 0. The molecule has 466 valence electrons. The number of hydrogen-bond acceptors (Lipinski definition) is 4. The van der Waals surface area contributed by atoms with Crippen molar-refractivity contribution < 1.29 is 0 Å². The van der Waals surface area contributed by atoms with Gasteiger partial charge in [-0.05, 0) is 151 Å². The van der Waals surface area contributed by atoms with E-state index in [2.05, 4.69) is 348 Å². The van der Waals surface area contributed by atoms with Gasteiger partial charge in [0.25, 0.3) is 6.71 Å². The molecule has 0 unspecified atom stereocenters. The average molecular weight is 1280 g/mol. The number of hydrogen-bond donors (Lipinski definition) is 0. The fraction of sp³-hybridized carbons (Fsp3) is 0.133. The molecule has 7 heteroatoms. The lowest BCUT2D eigenvalue weighted by atomic mass is 9.33. The van der Waals surface area contributed by atoms with Crippen molar-refractivity contribution in [2.45, 2.75) is 78.6 Å². The first-order valence-electron chi connectivity index (χ1n) is 34.2. The minimum atomic E-state index is -0.309. The van der Waals surface area contributed by atoms with Gasteiger partial charge in [-0.1, -0.05) is 238 Å². The maximum absolute atomic E-state index is 2.76. The highest BCUT2D eigenvalue weighted by Crippen LogP contribution is 2.56. The van der Waals surface area contributed by atoms with Crippen molar-refractivity contribution in [3.8, 4) is 33.6 Å². The Kier molecular flexibility index (Phi) is 12.6. The minimum Gasteiger partial charge on any atom is -0.309 e. The SMILES string of the molecule is CC(C)(C)c1ccc2c(c1)N(c1c(-c3ccc4sc5ccccc5c4c3)cccc1-n1c3ccccc3c3ccccc31)c1cc(C(C)(C)C)cc3c1B2c1ccc(C(C)(C)C)cc1N3c1c(-c2cccc3sc4ccccc4c23)cccc1-n1c2ccccc2c2ccccc21. The number of thiophene rings is 2. The van der Waals surface area contributed by atoms with E-state index in [1.165, 1.54) is 156 Å². The second-order valence-electron chi connectivity index (χ2n) is 30.0. The summed E-state index contributed by atoms with van der Waals surface area (Å²) in [5, 5.41) is 10.0. The van der Waals surface area contributed by atoms with E-state index in [1.807, 2.05) is 22.7 Å². The zero-order valence-corrected chi connectivity index (χ0v) is 57.7. The van der Waals surface area contributed by atoms with E-state index in [0.29, 0.717) is 0 Å². The molecular weight excluding hydrogens is 1210 g/mol. The van der Waals surface area contributed by atoms with Gasteiger partial charge >= 0.3 is 0 Å². The molecule has 0 aliphatic carbocycles. The standard InChI is InChI=1S/C90H71BN4S2/c1-88(2,3)55-44-46-68-76(50-55)94(86-58(54-43-48-82-67(49-54)63-29-14-20-40-80(63)96-82)31-22-38-74(86)92-70-34-16-10-25-59(70)60-26-11-17-35-71(60)92)78-52-57(90(7,8)9)53-79-85(78)91(68)69-47-45-56(89(4,5)6)51-77(69)95(79)87-65(64-32-24-42-83-84(64)66-30-15-21-41-81(66)97-83)33-23-39-75(87)93-72-36-18-12-27-61(72)62-28-13-19-37-73(62)93/h10-53H,1-9H3. The zero-order valence-electron chi connectivity index (χ0n) is 56.1. The molecule has 0 saturated heterocycles. The number of benzene rings is 13. The van der Waals surface area contributed by atoms with Crippen LogP contribution in [0.1, 0.15) is 79.0 Å². The van der Waals surface area contributed by atoms with Crippen LogP contribution < -0.4 is 26.2 Å². The highest BCUT2D eigenvalue weighted by molar-refractivity contribution is 7.26. The van der Waals surface area contributed by atoms with E-state index in [0.717, 1.165) is 28.3 Å². The highest BCUT2D eigenvalue weighted by Gasteiger charge is 2.47. The van der Waals surface area contributed by atoms with E-state index in [4.69, 9.17) is 0 Å². The lowest BCUT2D eigenvalue weighted by molar-refractivity contribution is 0.590. The molecule has 6 heterocycles. The van der Waals surface area contributed by atoms with Crippen LogP contribution in [0.15, 0.2) is 267 Å². The lowest BCUT2D eigenvalue weighted by Gasteiger charge is -2.47. The molecule has 0 atom stereocenters. The van der Waals surface area contributed by atoms with E-state index in [9.17, 15) is 0 Å². The largest absolute Gasteiger partial charge is 0.309 e. The molecule has 0 radical (unpaired) electrons. The number of nitrogens with zero attached hydrogens (tertiary/aromatic N) is 4. The number of rotatable bonds is 6. The van der Waals surface area contributed by atoms with Crippen LogP contribution in [0.3, 0.4) is 0 Å². The first-order chi connectivity index (χ1) is 47.0. The predicted octanol–water partition coefficient (Wildman–Crippen LogP) is 23.9. The Labute approximate surface area is 574 Å². The van der Waals surface area contributed by atoms with Crippen molar-refractivity contribution in [2.24, 2.45) is 0 Å². The van der Waals surface area contributed by atoms with Crippen molar-refractivity contribution in [1.82, 2.24) is 9.13 Å². The van der Waals surface area contributed by atoms with Crippen LogP contribution in [0.5, 0.6) is 0 Å². The number of para-hydroxylation sites is 6. The van der Waals surface area contributed by atoms with Crippen LogP contribution in [0.25, 0.3) is 118 Å². The van der Waals surface area contributed by atoms with Crippen molar-refractivity contribution in [1.29, 1.82) is 0 Å². The Morgan fingerprint density at radius 2 is 0.670 bits per heavy atom. The zero-order chi connectivity index (χ0) is 65.5. The summed E-state index contributed by atoms with van der Waals surface area (Å²) in [6, 6.07) is 103. The normalized spacial score (nSPS) is 13.4. The van der Waals surface area contributed by atoms with Gasteiger partial charge in [-0.2, -0.15) is 0 Å². The van der Waals surface area contributed by atoms with Crippen molar-refractivity contribution in [2.75, 3.05) is 9.80 Å². The van der Waals surface area contributed by atoms with Crippen molar-refractivity contribution >= 4 is 164 Å². The van der Waals surface area contributed by atoms with E-state index in [1.54, 1.807) is 0 Å². The van der Waals surface area contributed by atoms with Crippen LogP contribution in [0, 0.1) is 0 Å². The maximum Gasteiger partial charge on any atom is 0.252 e. The van der Waals surface area contributed by atoms with Gasteiger partial charge in [0.05, 0.1) is 44.8 Å². The molecule has 13 aromatic carbocycles. The molecule has 2 aliphatic rings. The Morgan fingerprint density at radius 3 is 1.19 bits per heavy atom. The van der Waals surface area contributed by atoms with E-state index in [-0.39, 0.29) is 23.0 Å². The number of anilines is 6. The summed E-state index contributed by atoms with van der Waals surface area (Å²) in [5.41, 5.74) is 25.7. The third kappa shape index (κ3) is 8.67. The third-order valence-electron chi connectivity index (χ3n) is 21.2. The summed E-state index contributed by atoms with van der Waals surface area (Å²) in [5.74, 6) is 0. The Morgan fingerprint density at radius 1 is 0.278 bits per heavy atom. The highest BCUT2D eigenvalue weighted by atomic mass is 32.1. The van der Waals surface area contributed by atoms with E-state index >= 15 is 0 Å². The smallest absolute Gasteiger partial charge is 0.252 e. The molecule has 0 amide bonds. The molecule has 0 N–H and O–H groups in total. The van der Waals surface area contributed by atoms with Gasteiger partial charge < -0.3 is 18.9 Å². The first-order valence-corrected chi connectivity index (χ1v) is 35.8. The van der Waals surface area contributed by atoms with Gasteiger partial charge in [0.15, 0.2) is 0 Å². The molecule has 0 saturated carbocycles. The van der Waals surface area contributed by atoms with Gasteiger partial charge in [0.1, 0.15) is 0 Å². The summed E-state index contributed by atoms with van der Waals surface area (Å²) >= 11 is 3.76. The summed E-state index contributed by atoms with van der Waals surface area (Å²) < 4.78 is 10.3. The van der Waals surface area contributed by atoms with Crippen LogP contribution >= 0.6 is 22.7 Å². The van der Waals surface area contributed by atoms with Gasteiger partial charge in [-0.3, -0.25) is 0 Å². The summed E-state index contributed by atoms with van der Waals surface area (Å²) in [4.78, 5) is 5.52. The fourth-order valence-electron chi connectivity index (χ4n) is 16.4. The van der Waals surface area contributed by atoms with Crippen LogP contribution in [-0.4, -0.2) is 15.8 Å². The molecule has 0 bridgehead atoms. The quantitative estimate of drug-likeness (QED) is 0.154. The second kappa shape index (κ2) is 21.0. The Bertz CT molecular complexity index is 6080. The molecule has 4 aromatic heterocycles. The van der Waals surface area contributed by atoms with E-state index < -0.39 is 0 Å². The summed E-state index contributed by atoms with van der Waals surface area (Å²) in [6.07, 6.45) is 0. The van der Waals surface area contributed by atoms with Gasteiger partial charge in [-0.25, -0.2) is 0 Å². The molecule has 19 rings (SSSR count). The maximum atomic E-state index is 2.76. The first kappa shape index (κ1) is 58.0. The molecule has 97 heavy (non-hydrogen) atoms. The van der Waals surface area contributed by atoms with Crippen LogP contribution in [0.4, 0.5) is 34.1 Å². The van der Waals surface area contributed by atoms with Crippen LogP contribution in [0.2, 0.25) is 0 Å². The molecule has 4 nitrogen and oxygen atoms in total.